The molecule has 27 heavy (non-hydrogen) atoms. The highest BCUT2D eigenvalue weighted by molar-refractivity contribution is 7.16. The van der Waals surface area contributed by atoms with Gasteiger partial charge < -0.3 is 18.9 Å². The Labute approximate surface area is 156 Å². The summed E-state index contributed by atoms with van der Waals surface area (Å²) in [4.78, 5) is 0.695. The lowest BCUT2D eigenvalue weighted by atomic mass is 10.2. The number of benzene rings is 2. The van der Waals surface area contributed by atoms with Crippen molar-refractivity contribution in [2.75, 3.05) is 13.4 Å². The van der Waals surface area contributed by atoms with Crippen molar-refractivity contribution in [3.05, 3.63) is 47.5 Å². The Morgan fingerprint density at radius 3 is 2.74 bits per heavy atom. The molecule has 8 nitrogen and oxygen atoms in total. The van der Waals surface area contributed by atoms with Gasteiger partial charge in [-0.2, -0.15) is 9.61 Å². The highest BCUT2D eigenvalue weighted by atomic mass is 32.1. The standard InChI is InChI=1S/C18H12N4O4S/c1-2-4-13-11(3-1)23-8-15(26-13)17-21-22-16(19-20-18(22)27-17)10-5-6-12-14(7-10)25-9-24-12/h1-7,15H,8-9H2. The Balaban J connectivity index is 1.37. The van der Waals surface area contributed by atoms with E-state index in [1.54, 1.807) is 4.52 Å². The molecule has 2 aromatic heterocycles. The van der Waals surface area contributed by atoms with Crippen molar-refractivity contribution in [3.8, 4) is 34.4 Å². The van der Waals surface area contributed by atoms with E-state index in [1.807, 2.05) is 42.5 Å². The van der Waals surface area contributed by atoms with Crippen LogP contribution in [0.2, 0.25) is 0 Å². The molecule has 9 heteroatoms. The van der Waals surface area contributed by atoms with E-state index in [-0.39, 0.29) is 12.9 Å². The molecule has 1 unspecified atom stereocenters. The highest BCUT2D eigenvalue weighted by Crippen LogP contribution is 2.38. The Kier molecular flexibility index (Phi) is 3.06. The lowest BCUT2D eigenvalue weighted by Gasteiger charge is -2.24. The van der Waals surface area contributed by atoms with Crippen molar-refractivity contribution in [1.82, 2.24) is 19.8 Å². The summed E-state index contributed by atoms with van der Waals surface area (Å²) < 4.78 is 24.4. The smallest absolute Gasteiger partial charge is 0.235 e. The number of fused-ring (bicyclic) bond motifs is 3. The van der Waals surface area contributed by atoms with Crippen molar-refractivity contribution < 1.29 is 18.9 Å². The first-order valence-electron chi connectivity index (χ1n) is 8.36. The van der Waals surface area contributed by atoms with E-state index in [4.69, 9.17) is 18.9 Å². The molecule has 0 amide bonds. The normalized spacial score (nSPS) is 17.4. The van der Waals surface area contributed by atoms with Crippen molar-refractivity contribution in [2.24, 2.45) is 0 Å². The fourth-order valence-corrected chi connectivity index (χ4v) is 3.97. The molecule has 0 saturated carbocycles. The number of hydrogen-bond acceptors (Lipinski definition) is 8. The predicted octanol–water partition coefficient (Wildman–Crippen LogP) is 3.09. The fourth-order valence-electron chi connectivity index (χ4n) is 3.12. The quantitative estimate of drug-likeness (QED) is 0.529. The van der Waals surface area contributed by atoms with Crippen molar-refractivity contribution in [1.29, 1.82) is 0 Å². The van der Waals surface area contributed by atoms with E-state index in [9.17, 15) is 0 Å². The zero-order valence-electron chi connectivity index (χ0n) is 13.9. The number of ether oxygens (including phenoxy) is 4. The molecule has 0 saturated heterocycles. The van der Waals surface area contributed by atoms with Gasteiger partial charge in [-0.1, -0.05) is 23.5 Å². The fraction of sp³-hybridized carbons (Fsp3) is 0.167. The van der Waals surface area contributed by atoms with Crippen molar-refractivity contribution >= 4 is 16.3 Å². The van der Waals surface area contributed by atoms with E-state index in [2.05, 4.69) is 15.3 Å². The molecule has 0 aliphatic carbocycles. The van der Waals surface area contributed by atoms with Gasteiger partial charge in [-0.3, -0.25) is 0 Å². The van der Waals surface area contributed by atoms with Crippen LogP contribution in [0.4, 0.5) is 0 Å². The molecular weight excluding hydrogens is 368 g/mol. The largest absolute Gasteiger partial charge is 0.485 e. The third-order valence-corrected chi connectivity index (χ3v) is 5.41. The minimum absolute atomic E-state index is 0.232. The van der Waals surface area contributed by atoms with E-state index in [0.29, 0.717) is 23.1 Å². The molecular formula is C18H12N4O4S. The van der Waals surface area contributed by atoms with Gasteiger partial charge in [0.2, 0.25) is 11.8 Å². The van der Waals surface area contributed by atoms with Crippen LogP contribution in [0.5, 0.6) is 23.0 Å². The third-order valence-electron chi connectivity index (χ3n) is 4.42. The second kappa shape index (κ2) is 5.58. The van der Waals surface area contributed by atoms with Crippen LogP contribution in [-0.4, -0.2) is 33.2 Å². The molecule has 134 valence electrons. The Morgan fingerprint density at radius 2 is 1.78 bits per heavy atom. The summed E-state index contributed by atoms with van der Waals surface area (Å²) in [6.07, 6.45) is -0.281. The summed E-state index contributed by atoms with van der Waals surface area (Å²) >= 11 is 1.44. The molecule has 4 heterocycles. The number of hydrogen-bond donors (Lipinski definition) is 0. The molecule has 2 aromatic carbocycles. The van der Waals surface area contributed by atoms with Crippen LogP contribution in [0.3, 0.4) is 0 Å². The van der Waals surface area contributed by atoms with E-state index in [0.717, 1.165) is 27.8 Å². The minimum Gasteiger partial charge on any atom is -0.485 e. The average Bonchev–Trinajstić information content (AvgIpc) is 3.42. The lowest BCUT2D eigenvalue weighted by Crippen LogP contribution is -2.21. The van der Waals surface area contributed by atoms with Gasteiger partial charge >= 0.3 is 0 Å². The van der Waals surface area contributed by atoms with Crippen molar-refractivity contribution in [3.63, 3.8) is 0 Å². The van der Waals surface area contributed by atoms with Gasteiger partial charge in [-0.05, 0) is 30.3 Å². The summed E-state index contributed by atoms with van der Waals surface area (Å²) in [7, 11) is 0. The number of rotatable bonds is 2. The SMILES string of the molecule is c1ccc2c(c1)OCC(c1nn3c(-c4ccc5c(c4)OCO5)nnc3s1)O2. The molecule has 0 bridgehead atoms. The summed E-state index contributed by atoms with van der Waals surface area (Å²) in [5.74, 6) is 3.53. The van der Waals surface area contributed by atoms with Crippen molar-refractivity contribution in [2.45, 2.75) is 6.10 Å². The van der Waals surface area contributed by atoms with E-state index < -0.39 is 0 Å². The van der Waals surface area contributed by atoms with Gasteiger partial charge in [0.15, 0.2) is 39.9 Å². The second-order valence-electron chi connectivity index (χ2n) is 6.09. The van der Waals surface area contributed by atoms with E-state index in [1.165, 1.54) is 11.3 Å². The molecule has 2 aliphatic rings. The number of nitrogens with zero attached hydrogens (tertiary/aromatic N) is 4. The zero-order chi connectivity index (χ0) is 17.8. The maximum atomic E-state index is 6.05. The van der Waals surface area contributed by atoms with Crippen LogP contribution in [-0.2, 0) is 0 Å². The molecule has 6 rings (SSSR count). The van der Waals surface area contributed by atoms with Gasteiger partial charge in [0.05, 0.1) is 0 Å². The third kappa shape index (κ3) is 2.32. The minimum atomic E-state index is -0.281. The molecule has 0 N–H and O–H groups in total. The topological polar surface area (TPSA) is 80.0 Å². The van der Waals surface area contributed by atoms with Crippen LogP contribution >= 0.6 is 11.3 Å². The summed E-state index contributed by atoms with van der Waals surface area (Å²) in [6, 6.07) is 13.3. The van der Waals surface area contributed by atoms with Gasteiger partial charge in [-0.15, -0.1) is 10.2 Å². The molecule has 2 aliphatic heterocycles. The summed E-state index contributed by atoms with van der Waals surface area (Å²) in [5, 5.41) is 14.0. The maximum absolute atomic E-state index is 6.05. The van der Waals surface area contributed by atoms with Crippen LogP contribution < -0.4 is 18.9 Å². The Hall–Kier alpha value is -3.33. The molecule has 4 aromatic rings. The van der Waals surface area contributed by atoms with Crippen LogP contribution in [0.1, 0.15) is 11.1 Å². The number of aromatic nitrogens is 4. The predicted molar refractivity (Wildman–Crippen MR) is 95.5 cm³/mol. The van der Waals surface area contributed by atoms with Gasteiger partial charge in [0, 0.05) is 5.56 Å². The maximum Gasteiger partial charge on any atom is 0.235 e. The van der Waals surface area contributed by atoms with Crippen LogP contribution in [0.15, 0.2) is 42.5 Å². The monoisotopic (exact) mass is 380 g/mol. The lowest BCUT2D eigenvalue weighted by molar-refractivity contribution is 0.0904. The number of para-hydroxylation sites is 2. The van der Waals surface area contributed by atoms with Gasteiger partial charge in [-0.25, -0.2) is 0 Å². The van der Waals surface area contributed by atoms with Gasteiger partial charge in [0.25, 0.3) is 0 Å². The summed E-state index contributed by atoms with van der Waals surface area (Å²) in [6.45, 7) is 0.635. The van der Waals surface area contributed by atoms with Gasteiger partial charge in [0.1, 0.15) is 6.61 Å². The summed E-state index contributed by atoms with van der Waals surface area (Å²) in [5.41, 5.74) is 0.856. The Bertz CT molecular complexity index is 1170. The average molecular weight is 380 g/mol. The molecule has 0 spiro atoms. The zero-order valence-corrected chi connectivity index (χ0v) is 14.7. The Morgan fingerprint density at radius 1 is 0.926 bits per heavy atom. The first kappa shape index (κ1) is 14.8. The van der Waals surface area contributed by atoms with E-state index >= 15 is 0 Å². The van der Waals surface area contributed by atoms with Crippen LogP contribution in [0, 0.1) is 0 Å². The first-order chi connectivity index (χ1) is 13.3. The second-order valence-corrected chi connectivity index (χ2v) is 7.08. The molecule has 0 fully saturated rings. The molecule has 1 atom stereocenters. The highest BCUT2D eigenvalue weighted by Gasteiger charge is 2.27. The first-order valence-corrected chi connectivity index (χ1v) is 9.17. The molecule has 0 radical (unpaired) electrons. The van der Waals surface area contributed by atoms with Crippen LogP contribution in [0.25, 0.3) is 16.3 Å².